The molecule has 0 unspecified atom stereocenters. The van der Waals surface area contributed by atoms with E-state index < -0.39 is 21.7 Å². The number of rotatable bonds is 9. The molecule has 3 aromatic rings. The van der Waals surface area contributed by atoms with E-state index in [0.717, 1.165) is 36.4 Å². The Morgan fingerprint density at radius 2 is 1.82 bits per heavy atom. The lowest BCUT2D eigenvalue weighted by Gasteiger charge is -2.12. The van der Waals surface area contributed by atoms with Gasteiger partial charge in [-0.15, -0.1) is 0 Å². The summed E-state index contributed by atoms with van der Waals surface area (Å²) in [6.07, 6.45) is 2.44. The molecule has 0 bridgehead atoms. The van der Waals surface area contributed by atoms with Gasteiger partial charge >= 0.3 is 0 Å². The van der Waals surface area contributed by atoms with Crippen molar-refractivity contribution in [3.63, 3.8) is 0 Å². The van der Waals surface area contributed by atoms with Gasteiger partial charge in [-0.25, -0.2) is 12.8 Å². The Morgan fingerprint density at radius 3 is 2.55 bits per heavy atom. The molecule has 9 heteroatoms. The lowest BCUT2D eigenvalue weighted by Crippen LogP contribution is -2.15. The normalized spacial score (nSPS) is 13.5. The summed E-state index contributed by atoms with van der Waals surface area (Å²) in [7, 11) is -4.02. The van der Waals surface area contributed by atoms with E-state index in [1.807, 2.05) is 18.2 Å². The first-order valence-electron chi connectivity index (χ1n) is 10.4. The number of hydrogen-bond donors (Lipinski definition) is 2. The molecule has 33 heavy (non-hydrogen) atoms. The zero-order valence-corrected chi connectivity index (χ0v) is 19.1. The zero-order chi connectivity index (χ0) is 23.4. The Kier molecular flexibility index (Phi) is 6.97. The number of carbonyl (C=O) groups excluding carboxylic acids is 1. The number of carbonyl (C=O) groups is 1. The molecule has 0 atom stereocenters. The van der Waals surface area contributed by atoms with E-state index in [0.29, 0.717) is 18.2 Å². The smallest absolute Gasteiger partial charge is 0.261 e. The number of amides is 1. The molecule has 0 saturated heterocycles. The molecule has 2 N–H and O–H groups in total. The van der Waals surface area contributed by atoms with E-state index in [9.17, 15) is 17.6 Å². The standard InChI is InChI=1S/C24H22ClFN2O4S/c25-22-11-6-18(13-23(22)28-33(30,31)21-9-7-19(26)8-10-21)24(29)27-20-3-1-2-17(12-20)15-32-14-16-4-5-16/h1-3,6-13,16,28H,4-5,14-15H2,(H,27,29). The van der Waals surface area contributed by atoms with Gasteiger partial charge in [-0.05, 0) is 78.9 Å². The first-order chi connectivity index (χ1) is 15.8. The van der Waals surface area contributed by atoms with Crippen molar-refractivity contribution in [2.75, 3.05) is 16.6 Å². The second kappa shape index (κ2) is 9.91. The van der Waals surface area contributed by atoms with Crippen molar-refractivity contribution in [1.82, 2.24) is 0 Å². The SMILES string of the molecule is O=C(Nc1cccc(COCC2CC2)c1)c1ccc(Cl)c(NS(=O)(=O)c2ccc(F)cc2)c1. The second-order valence-electron chi connectivity index (χ2n) is 7.87. The van der Waals surface area contributed by atoms with Crippen LogP contribution in [0.1, 0.15) is 28.8 Å². The molecule has 1 saturated carbocycles. The molecular formula is C24H22ClFN2O4S. The molecule has 4 rings (SSSR count). The van der Waals surface area contributed by atoms with Crippen LogP contribution >= 0.6 is 11.6 Å². The fourth-order valence-corrected chi connectivity index (χ4v) is 4.42. The van der Waals surface area contributed by atoms with Crippen LogP contribution in [0.5, 0.6) is 0 Å². The van der Waals surface area contributed by atoms with Crippen molar-refractivity contribution in [1.29, 1.82) is 0 Å². The predicted octanol–water partition coefficient (Wildman–Crippen LogP) is 5.46. The summed E-state index contributed by atoms with van der Waals surface area (Å²) in [5, 5.41) is 2.92. The summed E-state index contributed by atoms with van der Waals surface area (Å²) >= 11 is 6.14. The minimum Gasteiger partial charge on any atom is -0.376 e. The highest BCUT2D eigenvalue weighted by molar-refractivity contribution is 7.92. The van der Waals surface area contributed by atoms with Gasteiger partial charge in [0.2, 0.25) is 0 Å². The fraction of sp³-hybridized carbons (Fsp3) is 0.208. The van der Waals surface area contributed by atoms with Crippen molar-refractivity contribution in [2.24, 2.45) is 5.92 Å². The monoisotopic (exact) mass is 488 g/mol. The highest BCUT2D eigenvalue weighted by Gasteiger charge is 2.21. The molecule has 1 aliphatic carbocycles. The van der Waals surface area contributed by atoms with Crippen LogP contribution in [0.2, 0.25) is 5.02 Å². The number of anilines is 2. The Hall–Kier alpha value is -2.94. The van der Waals surface area contributed by atoms with Crippen LogP contribution in [0.25, 0.3) is 0 Å². The third-order valence-corrected chi connectivity index (χ3v) is 6.81. The lowest BCUT2D eigenvalue weighted by molar-refractivity contribution is 0.102. The molecule has 0 spiro atoms. The molecule has 0 aromatic heterocycles. The summed E-state index contributed by atoms with van der Waals surface area (Å²) in [6.45, 7) is 1.22. The van der Waals surface area contributed by atoms with Crippen molar-refractivity contribution in [2.45, 2.75) is 24.3 Å². The summed E-state index contributed by atoms with van der Waals surface area (Å²) < 4.78 is 46.4. The average Bonchev–Trinajstić information content (AvgIpc) is 3.60. The van der Waals surface area contributed by atoms with E-state index >= 15 is 0 Å². The number of halogens is 2. The summed E-state index contributed by atoms with van der Waals surface area (Å²) in [4.78, 5) is 12.6. The van der Waals surface area contributed by atoms with Crippen molar-refractivity contribution >= 4 is 38.9 Å². The summed E-state index contributed by atoms with van der Waals surface area (Å²) in [6, 6.07) is 16.0. The van der Waals surface area contributed by atoms with Crippen LogP contribution in [0.3, 0.4) is 0 Å². The van der Waals surface area contributed by atoms with Crippen LogP contribution < -0.4 is 10.0 Å². The van der Waals surface area contributed by atoms with Gasteiger partial charge in [0.1, 0.15) is 5.82 Å². The molecule has 1 aliphatic rings. The lowest BCUT2D eigenvalue weighted by atomic mass is 10.1. The van der Waals surface area contributed by atoms with E-state index in [1.54, 1.807) is 6.07 Å². The van der Waals surface area contributed by atoms with Crippen LogP contribution in [0.15, 0.2) is 71.6 Å². The minimum absolute atomic E-state index is 0.0378. The van der Waals surface area contributed by atoms with Gasteiger partial charge < -0.3 is 10.1 Å². The summed E-state index contributed by atoms with van der Waals surface area (Å²) in [5.74, 6) is -0.304. The van der Waals surface area contributed by atoms with Crippen LogP contribution in [-0.4, -0.2) is 20.9 Å². The van der Waals surface area contributed by atoms with Crippen molar-refractivity contribution < 1.29 is 22.3 Å². The fourth-order valence-electron chi connectivity index (χ4n) is 3.13. The van der Waals surface area contributed by atoms with Crippen LogP contribution in [-0.2, 0) is 21.4 Å². The van der Waals surface area contributed by atoms with E-state index in [1.165, 1.54) is 31.0 Å². The van der Waals surface area contributed by atoms with E-state index in [2.05, 4.69) is 10.0 Å². The van der Waals surface area contributed by atoms with Gasteiger partial charge in [0.15, 0.2) is 0 Å². The maximum absolute atomic E-state index is 13.1. The Bertz CT molecular complexity index is 1260. The number of hydrogen-bond acceptors (Lipinski definition) is 4. The molecular weight excluding hydrogens is 467 g/mol. The third kappa shape index (κ3) is 6.31. The largest absolute Gasteiger partial charge is 0.376 e. The molecule has 172 valence electrons. The number of benzene rings is 3. The third-order valence-electron chi connectivity index (χ3n) is 5.10. The molecule has 3 aromatic carbocycles. The molecule has 0 aliphatic heterocycles. The Labute approximate surface area is 196 Å². The number of sulfonamides is 1. The van der Waals surface area contributed by atoms with Gasteiger partial charge in [0.05, 0.1) is 22.2 Å². The number of nitrogens with one attached hydrogen (secondary N) is 2. The van der Waals surface area contributed by atoms with E-state index in [-0.39, 0.29) is 21.2 Å². The molecule has 0 radical (unpaired) electrons. The first kappa shape index (κ1) is 23.2. The maximum atomic E-state index is 13.1. The van der Waals surface area contributed by atoms with Gasteiger partial charge in [-0.1, -0.05) is 23.7 Å². The number of ether oxygens (including phenoxy) is 1. The highest BCUT2D eigenvalue weighted by Crippen LogP contribution is 2.29. The second-order valence-corrected chi connectivity index (χ2v) is 9.96. The Morgan fingerprint density at radius 1 is 1.06 bits per heavy atom. The Balaban J connectivity index is 1.45. The molecule has 6 nitrogen and oxygen atoms in total. The average molecular weight is 489 g/mol. The maximum Gasteiger partial charge on any atom is 0.261 e. The van der Waals surface area contributed by atoms with Crippen molar-refractivity contribution in [3.8, 4) is 0 Å². The quantitative estimate of drug-likeness (QED) is 0.419. The minimum atomic E-state index is -4.02. The van der Waals surface area contributed by atoms with Gasteiger partial charge in [-0.2, -0.15) is 0 Å². The van der Waals surface area contributed by atoms with Crippen molar-refractivity contribution in [3.05, 3.63) is 88.7 Å². The zero-order valence-electron chi connectivity index (χ0n) is 17.6. The molecule has 1 amide bonds. The highest BCUT2D eigenvalue weighted by atomic mass is 35.5. The summed E-state index contributed by atoms with van der Waals surface area (Å²) in [5.41, 5.74) is 1.79. The molecule has 0 heterocycles. The first-order valence-corrected chi connectivity index (χ1v) is 12.2. The topological polar surface area (TPSA) is 84.5 Å². The van der Waals surface area contributed by atoms with Gasteiger partial charge in [-0.3, -0.25) is 9.52 Å². The predicted molar refractivity (Wildman–Crippen MR) is 125 cm³/mol. The van der Waals surface area contributed by atoms with Crippen LogP contribution in [0.4, 0.5) is 15.8 Å². The van der Waals surface area contributed by atoms with Crippen LogP contribution in [0, 0.1) is 11.7 Å². The molecule has 1 fully saturated rings. The van der Waals surface area contributed by atoms with E-state index in [4.69, 9.17) is 16.3 Å². The van der Waals surface area contributed by atoms with Gasteiger partial charge in [0, 0.05) is 17.9 Å². The van der Waals surface area contributed by atoms with Gasteiger partial charge in [0.25, 0.3) is 15.9 Å².